The molecule has 0 amide bonds. The second-order valence-corrected chi connectivity index (χ2v) is 6.16. The predicted molar refractivity (Wildman–Crippen MR) is 83.9 cm³/mol. The molecule has 21 heavy (non-hydrogen) atoms. The van der Waals surface area contributed by atoms with Crippen LogP contribution in [0.4, 0.5) is 0 Å². The number of likely N-dealkylation sites (tertiary alicyclic amines) is 1. The van der Waals surface area contributed by atoms with Gasteiger partial charge in [-0.05, 0) is 62.9 Å². The van der Waals surface area contributed by atoms with Crippen molar-refractivity contribution in [1.29, 1.82) is 0 Å². The van der Waals surface area contributed by atoms with Crippen LogP contribution in [0.2, 0.25) is 0 Å². The van der Waals surface area contributed by atoms with Gasteiger partial charge in [-0.1, -0.05) is 0 Å². The van der Waals surface area contributed by atoms with E-state index in [0.717, 1.165) is 12.5 Å². The largest absolute Gasteiger partial charge is 0.299 e. The lowest BCUT2D eigenvalue weighted by molar-refractivity contribution is 0.176. The Labute approximate surface area is 126 Å². The van der Waals surface area contributed by atoms with E-state index in [2.05, 4.69) is 34.0 Å². The first-order chi connectivity index (χ1) is 10.2. The van der Waals surface area contributed by atoms with Gasteiger partial charge in [-0.3, -0.25) is 14.6 Å². The second-order valence-electron chi connectivity index (χ2n) is 6.16. The van der Waals surface area contributed by atoms with Gasteiger partial charge in [-0.25, -0.2) is 0 Å². The lowest BCUT2D eigenvalue weighted by Crippen LogP contribution is -2.34. The molecule has 0 saturated carbocycles. The maximum atomic E-state index is 4.34. The van der Waals surface area contributed by atoms with Crippen LogP contribution >= 0.6 is 0 Å². The summed E-state index contributed by atoms with van der Waals surface area (Å²) in [5.74, 6) is 0.818. The minimum atomic E-state index is 0.818. The van der Waals surface area contributed by atoms with E-state index in [-0.39, 0.29) is 0 Å². The summed E-state index contributed by atoms with van der Waals surface area (Å²) in [5, 5.41) is 4.34. The van der Waals surface area contributed by atoms with E-state index in [4.69, 9.17) is 0 Å². The van der Waals surface area contributed by atoms with Crippen molar-refractivity contribution in [3.8, 4) is 0 Å². The van der Waals surface area contributed by atoms with Gasteiger partial charge in [0.05, 0.1) is 6.20 Å². The Balaban J connectivity index is 1.50. The first-order valence-electron chi connectivity index (χ1n) is 7.81. The number of hydrogen-bond donors (Lipinski definition) is 0. The molecule has 0 unspecified atom stereocenters. The topological polar surface area (TPSA) is 34.0 Å². The van der Waals surface area contributed by atoms with E-state index in [1.807, 2.05) is 30.3 Å². The number of aromatic nitrogens is 3. The Kier molecular flexibility index (Phi) is 4.34. The van der Waals surface area contributed by atoms with Crippen LogP contribution in [0.5, 0.6) is 0 Å². The smallest absolute Gasteiger partial charge is 0.0537 e. The molecule has 0 aromatic carbocycles. The minimum Gasteiger partial charge on any atom is -0.299 e. The Bertz CT molecular complexity index is 568. The van der Waals surface area contributed by atoms with Crippen molar-refractivity contribution in [3.63, 3.8) is 0 Å². The van der Waals surface area contributed by atoms with E-state index < -0.39 is 0 Å². The average Bonchev–Trinajstić information content (AvgIpc) is 2.82. The molecule has 0 spiro atoms. The zero-order valence-corrected chi connectivity index (χ0v) is 13.0. The van der Waals surface area contributed by atoms with Crippen molar-refractivity contribution in [1.82, 2.24) is 19.7 Å². The molecule has 3 rings (SSSR count). The molecule has 2 aromatic heterocycles. The molecule has 1 fully saturated rings. The summed E-state index contributed by atoms with van der Waals surface area (Å²) in [6, 6.07) is 4.29. The van der Waals surface area contributed by atoms with Crippen LogP contribution in [0.3, 0.4) is 0 Å². The zero-order chi connectivity index (χ0) is 14.7. The van der Waals surface area contributed by atoms with Crippen molar-refractivity contribution < 1.29 is 0 Å². The number of hydrogen-bond acceptors (Lipinski definition) is 3. The maximum absolute atomic E-state index is 4.34. The summed E-state index contributed by atoms with van der Waals surface area (Å²) in [7, 11) is 2.01. The molecule has 0 N–H and O–H groups in total. The molecule has 2 aromatic rings. The molecular weight excluding hydrogens is 260 g/mol. The number of nitrogens with zero attached hydrogens (tertiary/aromatic N) is 4. The third-order valence-electron chi connectivity index (χ3n) is 4.71. The Morgan fingerprint density at radius 3 is 2.52 bits per heavy atom. The summed E-state index contributed by atoms with van der Waals surface area (Å²) < 4.78 is 1.96. The van der Waals surface area contributed by atoms with Crippen LogP contribution in [-0.2, 0) is 20.0 Å². The molecule has 1 aliphatic rings. The van der Waals surface area contributed by atoms with E-state index in [1.54, 1.807) is 0 Å². The van der Waals surface area contributed by atoms with Crippen LogP contribution in [0.1, 0.15) is 29.7 Å². The highest BCUT2D eigenvalue weighted by Crippen LogP contribution is 2.23. The van der Waals surface area contributed by atoms with Crippen molar-refractivity contribution in [2.75, 3.05) is 13.1 Å². The van der Waals surface area contributed by atoms with Crippen LogP contribution in [0.15, 0.2) is 30.7 Å². The summed E-state index contributed by atoms with van der Waals surface area (Å²) >= 11 is 0. The molecule has 3 heterocycles. The predicted octanol–water partition coefficient (Wildman–Crippen LogP) is 2.58. The highest BCUT2D eigenvalue weighted by atomic mass is 15.3. The average molecular weight is 284 g/mol. The maximum Gasteiger partial charge on any atom is 0.0537 e. The fourth-order valence-corrected chi connectivity index (χ4v) is 3.14. The van der Waals surface area contributed by atoms with Crippen LogP contribution in [0, 0.1) is 12.8 Å². The normalized spacial score (nSPS) is 17.2. The molecule has 4 nitrogen and oxygen atoms in total. The third-order valence-corrected chi connectivity index (χ3v) is 4.71. The summed E-state index contributed by atoms with van der Waals surface area (Å²) in [6.45, 7) is 5.59. The third kappa shape index (κ3) is 3.50. The lowest BCUT2D eigenvalue weighted by Gasteiger charge is -2.31. The second kappa shape index (κ2) is 6.39. The van der Waals surface area contributed by atoms with E-state index in [9.17, 15) is 0 Å². The van der Waals surface area contributed by atoms with Gasteiger partial charge in [0.15, 0.2) is 0 Å². The number of pyridine rings is 1. The summed E-state index contributed by atoms with van der Waals surface area (Å²) in [6.07, 6.45) is 9.59. The molecule has 0 atom stereocenters. The van der Waals surface area contributed by atoms with Gasteiger partial charge in [-0.2, -0.15) is 5.10 Å². The number of rotatable bonds is 4. The molecule has 0 bridgehead atoms. The molecule has 0 radical (unpaired) electrons. The SMILES string of the molecule is Cc1c(CN2CCC(Cc3ccncc3)CC2)cnn1C. The Morgan fingerprint density at radius 1 is 1.19 bits per heavy atom. The quantitative estimate of drug-likeness (QED) is 0.865. The fourth-order valence-electron chi connectivity index (χ4n) is 3.14. The van der Waals surface area contributed by atoms with Crippen molar-refractivity contribution >= 4 is 0 Å². The first kappa shape index (κ1) is 14.3. The fraction of sp³-hybridized carbons (Fsp3) is 0.529. The van der Waals surface area contributed by atoms with Gasteiger partial charge in [-0.15, -0.1) is 0 Å². The van der Waals surface area contributed by atoms with Gasteiger partial charge < -0.3 is 0 Å². The Morgan fingerprint density at radius 2 is 1.90 bits per heavy atom. The van der Waals surface area contributed by atoms with Crippen LogP contribution < -0.4 is 0 Å². The van der Waals surface area contributed by atoms with Crippen molar-refractivity contribution in [2.45, 2.75) is 32.7 Å². The highest BCUT2D eigenvalue weighted by molar-refractivity contribution is 5.16. The molecule has 0 aliphatic carbocycles. The highest BCUT2D eigenvalue weighted by Gasteiger charge is 2.20. The lowest BCUT2D eigenvalue weighted by atomic mass is 9.90. The van der Waals surface area contributed by atoms with Gasteiger partial charge >= 0.3 is 0 Å². The van der Waals surface area contributed by atoms with Gasteiger partial charge in [0.1, 0.15) is 0 Å². The van der Waals surface area contributed by atoms with E-state index in [0.29, 0.717) is 0 Å². The minimum absolute atomic E-state index is 0.818. The summed E-state index contributed by atoms with van der Waals surface area (Å²) in [5.41, 5.74) is 4.07. The zero-order valence-electron chi connectivity index (χ0n) is 13.0. The van der Waals surface area contributed by atoms with Gasteiger partial charge in [0, 0.05) is 37.2 Å². The Hall–Kier alpha value is -1.68. The first-order valence-corrected chi connectivity index (χ1v) is 7.81. The number of piperidine rings is 1. The molecule has 4 heteroatoms. The van der Waals surface area contributed by atoms with E-state index >= 15 is 0 Å². The van der Waals surface area contributed by atoms with Crippen LogP contribution in [-0.4, -0.2) is 32.8 Å². The molecule has 112 valence electrons. The van der Waals surface area contributed by atoms with Crippen molar-refractivity contribution in [3.05, 3.63) is 47.5 Å². The number of aryl methyl sites for hydroxylation is 1. The van der Waals surface area contributed by atoms with E-state index in [1.165, 1.54) is 49.2 Å². The molecule has 1 saturated heterocycles. The van der Waals surface area contributed by atoms with Crippen molar-refractivity contribution in [2.24, 2.45) is 13.0 Å². The monoisotopic (exact) mass is 284 g/mol. The van der Waals surface area contributed by atoms with Gasteiger partial charge in [0.25, 0.3) is 0 Å². The summed E-state index contributed by atoms with van der Waals surface area (Å²) in [4.78, 5) is 6.65. The van der Waals surface area contributed by atoms with Crippen LogP contribution in [0.25, 0.3) is 0 Å². The molecular formula is C17H24N4. The molecule has 1 aliphatic heterocycles. The van der Waals surface area contributed by atoms with Gasteiger partial charge in [0.2, 0.25) is 0 Å². The standard InChI is InChI=1S/C17H24N4/c1-14-17(12-19-20(14)2)13-21-9-5-16(6-10-21)11-15-3-7-18-8-4-15/h3-4,7-8,12,16H,5-6,9-11,13H2,1-2H3.